The normalized spacial score (nSPS) is 15.7. The highest BCUT2D eigenvalue weighted by molar-refractivity contribution is 6.31. The fourth-order valence-electron chi connectivity index (χ4n) is 4.11. The largest absolute Gasteiger partial charge is 0.434 e. The molecule has 0 saturated carbocycles. The lowest BCUT2D eigenvalue weighted by Gasteiger charge is -2.40. The van der Waals surface area contributed by atoms with E-state index in [9.17, 15) is 31.1 Å². The number of aryl methyl sites for hydroxylation is 2. The van der Waals surface area contributed by atoms with Crippen molar-refractivity contribution < 1.29 is 35.9 Å². The molecule has 35 heavy (non-hydrogen) atoms. The van der Waals surface area contributed by atoms with E-state index in [1.54, 1.807) is 24.3 Å². The molecule has 0 spiro atoms. The van der Waals surface area contributed by atoms with E-state index in [0.29, 0.717) is 10.0 Å². The molecule has 1 aliphatic heterocycles. The molecule has 192 valence electrons. The summed E-state index contributed by atoms with van der Waals surface area (Å²) in [7, 11) is 0. The Morgan fingerprint density at radius 2 is 1.26 bits per heavy atom. The first-order chi connectivity index (χ1) is 16.2. The van der Waals surface area contributed by atoms with Crippen molar-refractivity contribution in [3.63, 3.8) is 0 Å². The summed E-state index contributed by atoms with van der Waals surface area (Å²) in [5.41, 5.74) is 3.64. The number of hydrogen-bond acceptors (Lipinski definition) is 3. The lowest BCUT2D eigenvalue weighted by molar-refractivity contribution is -0.308. The van der Waals surface area contributed by atoms with E-state index in [2.05, 4.69) is 4.74 Å². The zero-order chi connectivity index (χ0) is 26.1. The van der Waals surface area contributed by atoms with Crippen LogP contribution in [-0.2, 0) is 4.74 Å². The number of nitrogens with zero attached hydrogens (tertiary/aromatic N) is 2. The van der Waals surface area contributed by atoms with Crippen LogP contribution in [0.4, 0.5) is 31.1 Å². The van der Waals surface area contributed by atoms with Crippen LogP contribution in [0.15, 0.2) is 36.4 Å². The zero-order valence-corrected chi connectivity index (χ0v) is 20.2. The maximum absolute atomic E-state index is 12.8. The van der Waals surface area contributed by atoms with Gasteiger partial charge in [0.1, 0.15) is 0 Å². The first-order valence-electron chi connectivity index (χ1n) is 10.5. The highest BCUT2D eigenvalue weighted by atomic mass is 35.5. The number of amides is 1. The Kier molecular flexibility index (Phi) is 8.18. The van der Waals surface area contributed by atoms with Crippen molar-refractivity contribution in [2.24, 2.45) is 0 Å². The number of ether oxygens (including phenoxy) is 1. The van der Waals surface area contributed by atoms with Gasteiger partial charge in [-0.25, -0.2) is 4.79 Å². The monoisotopic (exact) mass is 542 g/mol. The minimum absolute atomic E-state index is 0.114. The topological polar surface area (TPSA) is 32.8 Å². The summed E-state index contributed by atoms with van der Waals surface area (Å²) in [4.78, 5) is 15.0. The SMILES string of the molecule is Cc1cc(Cl)ccc1C(c1ccc(Cl)cc1C)N1CCN(C(=O)OC(C(F)(F)F)C(F)(F)F)CC1. The molecule has 0 atom stereocenters. The maximum atomic E-state index is 12.8. The second kappa shape index (κ2) is 10.4. The van der Waals surface area contributed by atoms with Gasteiger partial charge >= 0.3 is 18.4 Å². The van der Waals surface area contributed by atoms with Gasteiger partial charge in [-0.05, 0) is 60.4 Å². The van der Waals surface area contributed by atoms with Crippen molar-refractivity contribution in [2.45, 2.75) is 38.3 Å². The van der Waals surface area contributed by atoms with Crippen molar-refractivity contribution in [3.8, 4) is 0 Å². The number of benzene rings is 2. The van der Waals surface area contributed by atoms with Gasteiger partial charge in [0.2, 0.25) is 0 Å². The third-order valence-corrected chi connectivity index (χ3v) is 6.27. The van der Waals surface area contributed by atoms with Gasteiger partial charge in [0.15, 0.2) is 0 Å². The van der Waals surface area contributed by atoms with Crippen LogP contribution in [0.2, 0.25) is 10.0 Å². The van der Waals surface area contributed by atoms with E-state index in [1.165, 1.54) is 0 Å². The lowest BCUT2D eigenvalue weighted by atomic mass is 9.90. The summed E-state index contributed by atoms with van der Waals surface area (Å²) in [6.07, 6.45) is -17.4. The van der Waals surface area contributed by atoms with Gasteiger partial charge in [-0.15, -0.1) is 0 Å². The smallest absolute Gasteiger partial charge is 0.426 e. The predicted molar refractivity (Wildman–Crippen MR) is 120 cm³/mol. The summed E-state index contributed by atoms with van der Waals surface area (Å²) in [6, 6.07) is 10.5. The number of halogens is 8. The Morgan fingerprint density at radius 1 is 0.829 bits per heavy atom. The standard InChI is InChI=1S/C23H22Cl2F6N2O2/c1-13-11-15(24)3-5-17(13)19(18-6-4-16(25)12-14(18)2)32-7-9-33(10-8-32)21(34)35-20(22(26,27)28)23(29,30)31/h3-6,11-12,19-20H,7-10H2,1-2H3. The second-order valence-electron chi connectivity index (χ2n) is 8.27. The van der Waals surface area contributed by atoms with Crippen LogP contribution in [0, 0.1) is 13.8 Å². The average molecular weight is 543 g/mol. The Balaban J connectivity index is 1.82. The molecule has 2 aromatic rings. The van der Waals surface area contributed by atoms with Gasteiger partial charge in [-0.3, -0.25) is 4.90 Å². The van der Waals surface area contributed by atoms with Crippen LogP contribution in [-0.4, -0.2) is 60.5 Å². The minimum Gasteiger partial charge on any atom is -0.426 e. The molecule has 0 aromatic heterocycles. The molecular formula is C23H22Cl2F6N2O2. The van der Waals surface area contributed by atoms with Gasteiger partial charge in [0, 0.05) is 36.2 Å². The van der Waals surface area contributed by atoms with E-state index in [-0.39, 0.29) is 32.2 Å². The van der Waals surface area contributed by atoms with Crippen LogP contribution >= 0.6 is 23.2 Å². The van der Waals surface area contributed by atoms with Crippen LogP contribution in [0.5, 0.6) is 0 Å². The van der Waals surface area contributed by atoms with Crippen molar-refractivity contribution in [1.82, 2.24) is 9.80 Å². The van der Waals surface area contributed by atoms with Gasteiger partial charge in [0.05, 0.1) is 6.04 Å². The molecule has 1 saturated heterocycles. The fourth-order valence-corrected chi connectivity index (χ4v) is 4.56. The summed E-state index contributed by atoms with van der Waals surface area (Å²) < 4.78 is 80.5. The lowest BCUT2D eigenvalue weighted by Crippen LogP contribution is -2.53. The van der Waals surface area contributed by atoms with Crippen LogP contribution in [0.25, 0.3) is 0 Å². The van der Waals surface area contributed by atoms with Crippen molar-refractivity contribution >= 4 is 29.3 Å². The molecule has 1 fully saturated rings. The van der Waals surface area contributed by atoms with Crippen LogP contribution in [0.3, 0.4) is 0 Å². The van der Waals surface area contributed by atoms with E-state index in [4.69, 9.17) is 23.2 Å². The summed E-state index contributed by atoms with van der Waals surface area (Å²) in [6.45, 7) is 3.93. The number of alkyl halides is 6. The van der Waals surface area contributed by atoms with Crippen molar-refractivity contribution in [1.29, 1.82) is 0 Å². The second-order valence-corrected chi connectivity index (χ2v) is 9.15. The van der Waals surface area contributed by atoms with E-state index < -0.39 is 24.5 Å². The van der Waals surface area contributed by atoms with Crippen molar-refractivity contribution in [2.75, 3.05) is 26.2 Å². The molecule has 0 aliphatic carbocycles. The summed E-state index contributed by atoms with van der Waals surface area (Å²) >= 11 is 12.2. The maximum Gasteiger partial charge on any atom is 0.434 e. The molecule has 0 N–H and O–H groups in total. The number of piperazine rings is 1. The van der Waals surface area contributed by atoms with Gasteiger partial charge in [0.25, 0.3) is 6.10 Å². The number of rotatable bonds is 4. The number of hydrogen-bond donors (Lipinski definition) is 0. The Bertz CT molecular complexity index is 1000. The van der Waals surface area contributed by atoms with Crippen molar-refractivity contribution in [3.05, 3.63) is 68.7 Å². The van der Waals surface area contributed by atoms with E-state index in [0.717, 1.165) is 27.2 Å². The first-order valence-corrected chi connectivity index (χ1v) is 11.3. The molecular weight excluding hydrogens is 521 g/mol. The molecule has 1 heterocycles. The van der Waals surface area contributed by atoms with Crippen LogP contribution in [0.1, 0.15) is 28.3 Å². The van der Waals surface area contributed by atoms with Gasteiger partial charge in [-0.2, -0.15) is 26.3 Å². The van der Waals surface area contributed by atoms with Crippen LogP contribution < -0.4 is 0 Å². The Labute approximate surface area is 208 Å². The number of carbonyl (C=O) groups is 1. The third kappa shape index (κ3) is 6.54. The minimum atomic E-state index is -5.76. The summed E-state index contributed by atoms with van der Waals surface area (Å²) in [5, 5.41) is 1.10. The first kappa shape index (κ1) is 27.4. The van der Waals surface area contributed by atoms with E-state index in [1.807, 2.05) is 30.9 Å². The molecule has 12 heteroatoms. The molecule has 1 aliphatic rings. The molecule has 1 amide bonds. The number of carbonyl (C=O) groups excluding carboxylic acids is 1. The van der Waals surface area contributed by atoms with Gasteiger partial charge in [-0.1, -0.05) is 35.3 Å². The molecule has 2 aromatic carbocycles. The average Bonchev–Trinajstić information content (AvgIpc) is 2.73. The highest BCUT2D eigenvalue weighted by Crippen LogP contribution is 2.37. The summed E-state index contributed by atoms with van der Waals surface area (Å²) in [5.74, 6) is 0. The predicted octanol–water partition coefficient (Wildman–Crippen LogP) is 6.95. The Morgan fingerprint density at radius 3 is 1.63 bits per heavy atom. The molecule has 4 nitrogen and oxygen atoms in total. The molecule has 0 unspecified atom stereocenters. The van der Waals surface area contributed by atoms with Gasteiger partial charge < -0.3 is 9.64 Å². The molecule has 0 radical (unpaired) electrons. The third-order valence-electron chi connectivity index (χ3n) is 5.80. The molecule has 3 rings (SSSR count). The zero-order valence-electron chi connectivity index (χ0n) is 18.7. The highest BCUT2D eigenvalue weighted by Gasteiger charge is 2.60. The van der Waals surface area contributed by atoms with E-state index >= 15 is 0 Å². The molecule has 0 bridgehead atoms. The quantitative estimate of drug-likeness (QED) is 0.392. The Hall–Kier alpha value is -2.17. The fraction of sp³-hybridized carbons (Fsp3) is 0.435.